The fraction of sp³-hybridized carbons (Fsp3) is 0.190. The van der Waals surface area contributed by atoms with Crippen LogP contribution in [0.1, 0.15) is 17.9 Å². The van der Waals surface area contributed by atoms with Crippen LogP contribution in [0.2, 0.25) is 0 Å². The first-order valence-electron chi connectivity index (χ1n) is 8.96. The van der Waals surface area contributed by atoms with Crippen LogP contribution in [-0.2, 0) is 0 Å². The molecule has 5 rings (SSSR count). The summed E-state index contributed by atoms with van der Waals surface area (Å²) in [6.07, 6.45) is 2.57. The van der Waals surface area contributed by atoms with Crippen molar-refractivity contribution in [2.24, 2.45) is 0 Å². The third-order valence-corrected chi connectivity index (χ3v) is 5.13. The summed E-state index contributed by atoms with van der Waals surface area (Å²) in [7, 11) is 0. The first kappa shape index (κ1) is 15.9. The van der Waals surface area contributed by atoms with Crippen molar-refractivity contribution in [3.05, 3.63) is 72.3 Å². The van der Waals surface area contributed by atoms with Gasteiger partial charge in [0.2, 0.25) is 0 Å². The summed E-state index contributed by atoms with van der Waals surface area (Å²) in [5, 5.41) is 4.95. The molecule has 0 aliphatic carbocycles. The Morgan fingerprint density at radius 1 is 1.00 bits per heavy atom. The molecule has 3 heterocycles. The Hall–Kier alpha value is -3.28. The lowest BCUT2D eigenvalue weighted by atomic mass is 9.99. The second-order valence-corrected chi connectivity index (χ2v) is 6.76. The van der Waals surface area contributed by atoms with E-state index in [4.69, 9.17) is 4.52 Å². The van der Waals surface area contributed by atoms with Crippen molar-refractivity contribution in [3.63, 3.8) is 0 Å². The molecule has 0 spiro atoms. The van der Waals surface area contributed by atoms with Gasteiger partial charge in [0.05, 0.1) is 0 Å². The highest BCUT2D eigenvalue weighted by molar-refractivity contribution is 5.97. The second kappa shape index (κ2) is 6.46. The molecule has 2 aromatic heterocycles. The average Bonchev–Trinajstić information content (AvgIpc) is 3.37. The highest BCUT2D eigenvalue weighted by atomic mass is 19.1. The number of anilines is 1. The van der Waals surface area contributed by atoms with E-state index in [1.165, 1.54) is 24.0 Å². The summed E-state index contributed by atoms with van der Waals surface area (Å²) in [6.45, 7) is 1.78. The predicted molar refractivity (Wildman–Crippen MR) is 101 cm³/mol. The van der Waals surface area contributed by atoms with E-state index in [0.29, 0.717) is 17.3 Å². The molecule has 1 fully saturated rings. The van der Waals surface area contributed by atoms with E-state index in [9.17, 15) is 4.39 Å². The minimum atomic E-state index is -0.284. The number of halogens is 1. The summed E-state index contributed by atoms with van der Waals surface area (Å²) in [5.41, 5.74) is 3.21. The molecule has 1 aliphatic heterocycles. The fourth-order valence-electron chi connectivity index (χ4n) is 3.77. The molecule has 0 amide bonds. The van der Waals surface area contributed by atoms with Gasteiger partial charge in [-0.15, -0.1) is 0 Å². The van der Waals surface area contributed by atoms with Gasteiger partial charge in [-0.1, -0.05) is 35.5 Å². The van der Waals surface area contributed by atoms with Gasteiger partial charge in [0.15, 0.2) is 0 Å². The van der Waals surface area contributed by atoms with E-state index >= 15 is 0 Å². The highest BCUT2D eigenvalue weighted by Gasteiger charge is 2.28. The summed E-state index contributed by atoms with van der Waals surface area (Å²) in [4.78, 5) is 11.0. The van der Waals surface area contributed by atoms with Crippen LogP contribution in [0.25, 0.3) is 22.4 Å². The number of aromatic nitrogens is 3. The molecule has 0 radical (unpaired) electrons. The maximum atomic E-state index is 13.3. The summed E-state index contributed by atoms with van der Waals surface area (Å²) in [5.74, 6) is 0.998. The molecular formula is C21H17FN4O. The van der Waals surface area contributed by atoms with Crippen molar-refractivity contribution in [1.29, 1.82) is 0 Å². The third kappa shape index (κ3) is 2.83. The molecule has 1 aliphatic rings. The summed E-state index contributed by atoms with van der Waals surface area (Å²) >= 11 is 0. The van der Waals surface area contributed by atoms with Crippen LogP contribution in [0.3, 0.4) is 0 Å². The van der Waals surface area contributed by atoms with E-state index in [0.717, 1.165) is 36.3 Å². The highest BCUT2D eigenvalue weighted by Crippen LogP contribution is 2.37. The van der Waals surface area contributed by atoms with Crippen molar-refractivity contribution in [3.8, 4) is 11.3 Å². The van der Waals surface area contributed by atoms with Crippen LogP contribution in [0.5, 0.6) is 0 Å². The minimum absolute atomic E-state index is 0.284. The van der Waals surface area contributed by atoms with Gasteiger partial charge in [0.1, 0.15) is 29.0 Å². The van der Waals surface area contributed by atoms with Crippen molar-refractivity contribution in [2.45, 2.75) is 12.3 Å². The van der Waals surface area contributed by atoms with Crippen LogP contribution in [0.4, 0.5) is 10.2 Å². The lowest BCUT2D eigenvalue weighted by molar-refractivity contribution is 0.451. The molecule has 0 saturated carbocycles. The molecule has 4 aromatic rings. The Morgan fingerprint density at radius 2 is 1.81 bits per heavy atom. The summed E-state index contributed by atoms with van der Waals surface area (Å²) in [6, 6.07) is 16.8. The maximum Gasteiger partial charge on any atom is 0.263 e. The monoisotopic (exact) mass is 360 g/mol. The topological polar surface area (TPSA) is 55.1 Å². The normalized spacial score (nSPS) is 16.9. The predicted octanol–water partition coefficient (Wildman–Crippen LogP) is 4.42. The zero-order chi connectivity index (χ0) is 18.2. The van der Waals surface area contributed by atoms with Gasteiger partial charge >= 0.3 is 0 Å². The van der Waals surface area contributed by atoms with E-state index < -0.39 is 0 Å². The van der Waals surface area contributed by atoms with Crippen molar-refractivity contribution in [1.82, 2.24) is 15.1 Å². The van der Waals surface area contributed by atoms with E-state index in [1.807, 2.05) is 6.07 Å². The van der Waals surface area contributed by atoms with Crippen LogP contribution >= 0.6 is 0 Å². The first-order valence-corrected chi connectivity index (χ1v) is 8.96. The van der Waals surface area contributed by atoms with Crippen LogP contribution in [-0.4, -0.2) is 28.2 Å². The van der Waals surface area contributed by atoms with Crippen LogP contribution in [0.15, 0.2) is 65.4 Å². The number of nitrogens with zero attached hydrogens (tertiary/aromatic N) is 4. The zero-order valence-corrected chi connectivity index (χ0v) is 14.5. The molecule has 5 nitrogen and oxygen atoms in total. The van der Waals surface area contributed by atoms with Crippen LogP contribution in [0, 0.1) is 5.82 Å². The first-order chi connectivity index (χ1) is 13.3. The Balaban J connectivity index is 1.54. The molecule has 27 heavy (non-hydrogen) atoms. The number of hydrogen-bond donors (Lipinski definition) is 0. The molecule has 2 aromatic carbocycles. The van der Waals surface area contributed by atoms with Gasteiger partial charge in [-0.25, -0.2) is 9.37 Å². The quantitative estimate of drug-likeness (QED) is 0.541. The third-order valence-electron chi connectivity index (χ3n) is 5.13. The van der Waals surface area contributed by atoms with Gasteiger partial charge in [-0.3, -0.25) is 0 Å². The number of rotatable bonds is 3. The van der Waals surface area contributed by atoms with Crippen molar-refractivity contribution >= 4 is 16.9 Å². The number of hydrogen-bond acceptors (Lipinski definition) is 5. The largest absolute Gasteiger partial charge is 0.355 e. The van der Waals surface area contributed by atoms with Gasteiger partial charge in [0, 0.05) is 24.6 Å². The smallest absolute Gasteiger partial charge is 0.263 e. The minimum Gasteiger partial charge on any atom is -0.355 e. The van der Waals surface area contributed by atoms with Gasteiger partial charge < -0.3 is 9.42 Å². The lowest BCUT2D eigenvalue weighted by Gasteiger charge is -2.18. The Morgan fingerprint density at radius 3 is 2.63 bits per heavy atom. The van der Waals surface area contributed by atoms with E-state index in [1.54, 1.807) is 12.1 Å². The van der Waals surface area contributed by atoms with Gasteiger partial charge in [-0.2, -0.15) is 4.98 Å². The molecule has 1 saturated heterocycles. The second-order valence-electron chi connectivity index (χ2n) is 6.76. The molecule has 0 N–H and O–H groups in total. The Bertz CT molecular complexity index is 1080. The van der Waals surface area contributed by atoms with E-state index in [-0.39, 0.29) is 5.82 Å². The summed E-state index contributed by atoms with van der Waals surface area (Å²) < 4.78 is 18.7. The fourth-order valence-corrected chi connectivity index (χ4v) is 3.77. The molecule has 0 unspecified atom stereocenters. The maximum absolute atomic E-state index is 13.3. The lowest BCUT2D eigenvalue weighted by Crippen LogP contribution is -2.20. The van der Waals surface area contributed by atoms with Gasteiger partial charge in [0.25, 0.3) is 5.71 Å². The van der Waals surface area contributed by atoms with Crippen LogP contribution < -0.4 is 4.90 Å². The molecule has 6 heteroatoms. The van der Waals surface area contributed by atoms with Crippen molar-refractivity contribution in [2.75, 3.05) is 18.0 Å². The number of fused-ring (bicyclic) bond motifs is 1. The zero-order valence-electron chi connectivity index (χ0n) is 14.5. The Kier molecular flexibility index (Phi) is 3.81. The standard InChI is InChI=1S/C21H17FN4O/c22-17-8-6-15(7-9-17)19-18-20(23-13-24-21(18)27-25-19)26-11-10-16(12-26)14-4-2-1-3-5-14/h1-9,13,16H,10-12H2/t16-/m0/s1. The van der Waals surface area contributed by atoms with Crippen molar-refractivity contribution < 1.29 is 8.91 Å². The Labute approximate surface area is 155 Å². The molecule has 0 bridgehead atoms. The number of benzene rings is 2. The molecule has 1 atom stereocenters. The molecule has 134 valence electrons. The van der Waals surface area contributed by atoms with E-state index in [2.05, 4.69) is 44.3 Å². The van der Waals surface area contributed by atoms with Gasteiger partial charge in [-0.05, 0) is 36.2 Å². The molecular weight excluding hydrogens is 343 g/mol. The average molecular weight is 360 g/mol. The SMILES string of the molecule is Fc1ccc(-c2noc3ncnc(N4CC[C@H](c5ccccc5)C4)c23)cc1.